The predicted octanol–water partition coefficient (Wildman–Crippen LogP) is 2.46. The summed E-state index contributed by atoms with van der Waals surface area (Å²) < 4.78 is 0. The van der Waals surface area contributed by atoms with Crippen molar-refractivity contribution in [1.82, 2.24) is 0 Å². The van der Waals surface area contributed by atoms with Crippen molar-refractivity contribution in [3.8, 4) is 0 Å². The Balaban J connectivity index is 2.55. The molecule has 0 heterocycles. The standard InChI is InChI=1S/C9H8ClNO/c10-7-2-3-8-6(5-7)1-4-9(8)11-12/h2-3,5,12H,1,4H2/b11-9-. The van der Waals surface area contributed by atoms with E-state index in [2.05, 4.69) is 5.16 Å². The van der Waals surface area contributed by atoms with Crippen LogP contribution in [0.2, 0.25) is 5.02 Å². The third-order valence-corrected chi connectivity index (χ3v) is 2.37. The van der Waals surface area contributed by atoms with E-state index in [-0.39, 0.29) is 0 Å². The highest BCUT2D eigenvalue weighted by Crippen LogP contribution is 2.25. The van der Waals surface area contributed by atoms with Gasteiger partial charge in [-0.3, -0.25) is 0 Å². The second-order valence-electron chi connectivity index (χ2n) is 2.85. The summed E-state index contributed by atoms with van der Waals surface area (Å²) in [6.45, 7) is 0. The Kier molecular flexibility index (Phi) is 1.77. The molecule has 1 aromatic rings. The van der Waals surface area contributed by atoms with Crippen molar-refractivity contribution in [3.05, 3.63) is 34.3 Å². The Bertz CT molecular complexity index is 346. The number of fused-ring (bicyclic) bond motifs is 1. The first-order chi connectivity index (χ1) is 5.81. The van der Waals surface area contributed by atoms with Gasteiger partial charge in [-0.1, -0.05) is 22.8 Å². The number of aryl methyl sites for hydroxylation is 1. The average Bonchev–Trinajstić information content (AvgIpc) is 2.46. The van der Waals surface area contributed by atoms with Gasteiger partial charge in [0.1, 0.15) is 0 Å². The van der Waals surface area contributed by atoms with Crippen molar-refractivity contribution in [3.63, 3.8) is 0 Å². The quantitative estimate of drug-likeness (QED) is 0.484. The second-order valence-corrected chi connectivity index (χ2v) is 3.28. The van der Waals surface area contributed by atoms with Gasteiger partial charge in [0.15, 0.2) is 0 Å². The van der Waals surface area contributed by atoms with Crippen molar-refractivity contribution in [1.29, 1.82) is 0 Å². The smallest absolute Gasteiger partial charge is 0.0873 e. The molecule has 1 N–H and O–H groups in total. The van der Waals surface area contributed by atoms with Crippen LogP contribution in [0, 0.1) is 0 Å². The van der Waals surface area contributed by atoms with Crippen molar-refractivity contribution in [2.75, 3.05) is 0 Å². The maximum atomic E-state index is 8.64. The van der Waals surface area contributed by atoms with Gasteiger partial charge >= 0.3 is 0 Å². The summed E-state index contributed by atoms with van der Waals surface area (Å²) in [5, 5.41) is 12.6. The van der Waals surface area contributed by atoms with E-state index < -0.39 is 0 Å². The summed E-state index contributed by atoms with van der Waals surface area (Å²) >= 11 is 5.81. The lowest BCUT2D eigenvalue weighted by atomic mass is 10.1. The van der Waals surface area contributed by atoms with Crippen LogP contribution in [0.25, 0.3) is 0 Å². The molecule has 0 unspecified atom stereocenters. The molecule has 0 aromatic heterocycles. The van der Waals surface area contributed by atoms with Gasteiger partial charge in [0.2, 0.25) is 0 Å². The number of benzene rings is 1. The first kappa shape index (κ1) is 7.62. The molecule has 0 spiro atoms. The van der Waals surface area contributed by atoms with Gasteiger partial charge in [0.05, 0.1) is 5.71 Å². The Morgan fingerprint density at radius 3 is 2.92 bits per heavy atom. The first-order valence-corrected chi connectivity index (χ1v) is 4.19. The van der Waals surface area contributed by atoms with Crippen LogP contribution in [0.3, 0.4) is 0 Å². The number of hydrogen-bond acceptors (Lipinski definition) is 2. The molecule has 0 aliphatic heterocycles. The Labute approximate surface area is 75.5 Å². The maximum absolute atomic E-state index is 8.64. The molecule has 0 fully saturated rings. The molecule has 1 aliphatic carbocycles. The van der Waals surface area contributed by atoms with E-state index in [9.17, 15) is 0 Å². The van der Waals surface area contributed by atoms with Crippen LogP contribution in [0.1, 0.15) is 17.5 Å². The number of halogens is 1. The van der Waals surface area contributed by atoms with E-state index in [0.717, 1.165) is 29.1 Å². The largest absolute Gasteiger partial charge is 0.411 e. The lowest BCUT2D eigenvalue weighted by Crippen LogP contribution is -1.92. The second kappa shape index (κ2) is 2.79. The van der Waals surface area contributed by atoms with Crippen LogP contribution in [0.5, 0.6) is 0 Å². The van der Waals surface area contributed by atoms with E-state index in [1.165, 1.54) is 5.56 Å². The predicted molar refractivity (Wildman–Crippen MR) is 48.1 cm³/mol. The molecule has 0 saturated heterocycles. The van der Waals surface area contributed by atoms with E-state index in [4.69, 9.17) is 16.8 Å². The molecular formula is C9H8ClNO. The zero-order valence-corrected chi connectivity index (χ0v) is 7.17. The van der Waals surface area contributed by atoms with Crippen LogP contribution < -0.4 is 0 Å². The van der Waals surface area contributed by atoms with Crippen molar-refractivity contribution >= 4 is 17.3 Å². The van der Waals surface area contributed by atoms with E-state index in [1.54, 1.807) is 0 Å². The monoisotopic (exact) mass is 181 g/mol. The summed E-state index contributed by atoms with van der Waals surface area (Å²) in [5.41, 5.74) is 2.97. The molecule has 0 saturated carbocycles. The topological polar surface area (TPSA) is 32.6 Å². The summed E-state index contributed by atoms with van der Waals surface area (Å²) in [7, 11) is 0. The van der Waals surface area contributed by atoms with Gasteiger partial charge in [0.25, 0.3) is 0 Å². The number of rotatable bonds is 0. The maximum Gasteiger partial charge on any atom is 0.0873 e. The summed E-state index contributed by atoms with van der Waals surface area (Å²) in [6.07, 6.45) is 1.74. The van der Waals surface area contributed by atoms with Crippen molar-refractivity contribution in [2.24, 2.45) is 5.16 Å². The van der Waals surface area contributed by atoms with Gasteiger partial charge in [-0.15, -0.1) is 0 Å². The summed E-state index contributed by atoms with van der Waals surface area (Å²) in [5.74, 6) is 0. The molecule has 2 nitrogen and oxygen atoms in total. The third-order valence-electron chi connectivity index (χ3n) is 2.13. The zero-order valence-electron chi connectivity index (χ0n) is 6.42. The molecule has 0 amide bonds. The average molecular weight is 182 g/mol. The summed E-state index contributed by atoms with van der Waals surface area (Å²) in [4.78, 5) is 0. The van der Waals surface area contributed by atoms with Gasteiger partial charge in [0, 0.05) is 10.6 Å². The molecule has 1 aliphatic rings. The first-order valence-electron chi connectivity index (χ1n) is 3.81. The minimum Gasteiger partial charge on any atom is -0.411 e. The third kappa shape index (κ3) is 1.08. The van der Waals surface area contributed by atoms with E-state index in [0.29, 0.717) is 0 Å². The Hall–Kier alpha value is -1.02. The molecular weight excluding hydrogens is 174 g/mol. The Morgan fingerprint density at radius 2 is 2.17 bits per heavy atom. The van der Waals surface area contributed by atoms with E-state index in [1.807, 2.05) is 18.2 Å². The van der Waals surface area contributed by atoms with Crippen LogP contribution >= 0.6 is 11.6 Å². The number of nitrogens with zero attached hydrogens (tertiary/aromatic N) is 1. The van der Waals surface area contributed by atoms with Gasteiger partial charge in [-0.2, -0.15) is 0 Å². The minimum absolute atomic E-state index is 0.743. The molecule has 0 bridgehead atoms. The fraction of sp³-hybridized carbons (Fsp3) is 0.222. The molecule has 3 heteroatoms. The van der Waals surface area contributed by atoms with Gasteiger partial charge < -0.3 is 5.21 Å². The fourth-order valence-electron chi connectivity index (χ4n) is 1.54. The summed E-state index contributed by atoms with van der Waals surface area (Å²) in [6, 6.07) is 5.64. The highest BCUT2D eigenvalue weighted by atomic mass is 35.5. The van der Waals surface area contributed by atoms with Crippen LogP contribution in [0.15, 0.2) is 23.4 Å². The van der Waals surface area contributed by atoms with Crippen molar-refractivity contribution in [2.45, 2.75) is 12.8 Å². The lowest BCUT2D eigenvalue weighted by molar-refractivity contribution is 0.318. The number of hydrogen-bond donors (Lipinski definition) is 1. The SMILES string of the molecule is O/N=C1/CCc2cc(Cl)ccc21. The molecule has 1 aromatic carbocycles. The highest BCUT2D eigenvalue weighted by molar-refractivity contribution is 6.30. The zero-order chi connectivity index (χ0) is 8.55. The Morgan fingerprint density at radius 1 is 1.33 bits per heavy atom. The van der Waals surface area contributed by atoms with Crippen LogP contribution in [-0.4, -0.2) is 10.9 Å². The molecule has 2 rings (SSSR count). The van der Waals surface area contributed by atoms with E-state index >= 15 is 0 Å². The van der Waals surface area contributed by atoms with Gasteiger partial charge in [-0.25, -0.2) is 0 Å². The minimum atomic E-state index is 0.743. The molecule has 0 atom stereocenters. The number of oxime groups is 1. The van der Waals surface area contributed by atoms with Gasteiger partial charge in [-0.05, 0) is 30.5 Å². The lowest BCUT2D eigenvalue weighted by Gasteiger charge is -1.97. The van der Waals surface area contributed by atoms with Crippen molar-refractivity contribution < 1.29 is 5.21 Å². The molecule has 0 radical (unpaired) electrons. The fourth-order valence-corrected chi connectivity index (χ4v) is 1.74. The molecule has 12 heavy (non-hydrogen) atoms. The van der Waals surface area contributed by atoms with Crippen LogP contribution in [0.4, 0.5) is 0 Å². The highest BCUT2D eigenvalue weighted by Gasteiger charge is 2.17. The normalized spacial score (nSPS) is 18.2. The van der Waals surface area contributed by atoms with Crippen LogP contribution in [-0.2, 0) is 6.42 Å². The molecule has 62 valence electrons.